The quantitative estimate of drug-likeness (QED) is 0.789. The summed E-state index contributed by atoms with van der Waals surface area (Å²) in [6.07, 6.45) is 0. The Morgan fingerprint density at radius 2 is 1.61 bits per heavy atom. The molecule has 0 bridgehead atoms. The number of anilines is 1. The summed E-state index contributed by atoms with van der Waals surface area (Å²) in [6, 6.07) is 10.8. The Morgan fingerprint density at radius 1 is 1.00 bits per heavy atom. The van der Waals surface area contributed by atoms with Gasteiger partial charge in [0.05, 0.1) is 5.69 Å². The van der Waals surface area contributed by atoms with Gasteiger partial charge in [-0.1, -0.05) is 32.0 Å². The number of benzene rings is 2. The van der Waals surface area contributed by atoms with E-state index in [1.54, 1.807) is 32.0 Å². The van der Waals surface area contributed by atoms with E-state index in [2.05, 4.69) is 0 Å². The first-order valence-electron chi connectivity index (χ1n) is 6.80. The van der Waals surface area contributed by atoms with Gasteiger partial charge in [0.15, 0.2) is 0 Å². The smallest absolute Gasteiger partial charge is 0.265 e. The average molecular weight is 351 g/mol. The third-order valence-corrected chi connectivity index (χ3v) is 3.09. The number of carbonyl (C=O) groups excluding carboxylic acids is 2. The van der Waals surface area contributed by atoms with E-state index in [0.29, 0.717) is 6.07 Å². The van der Waals surface area contributed by atoms with E-state index in [1.165, 1.54) is 12.1 Å². The van der Waals surface area contributed by atoms with Crippen LogP contribution in [0, 0.1) is 17.6 Å². The molecule has 0 aromatic heterocycles. The van der Waals surface area contributed by atoms with Gasteiger partial charge in [0.25, 0.3) is 5.91 Å². The van der Waals surface area contributed by atoms with Gasteiger partial charge in [-0.05, 0) is 24.3 Å². The predicted octanol–water partition coefficient (Wildman–Crippen LogP) is 3.79. The summed E-state index contributed by atoms with van der Waals surface area (Å²) in [6.45, 7) is 3.21. The Balaban J connectivity index is 0.00000264. The Labute approximate surface area is 148 Å². The average Bonchev–Trinajstić information content (AvgIpc) is 2.50. The molecule has 23 heavy (non-hydrogen) atoms. The first kappa shape index (κ1) is 19.2. The summed E-state index contributed by atoms with van der Waals surface area (Å²) in [5.41, 5.74) is -0.00539. The number of hydrogen-bond donors (Lipinski definition) is 0. The minimum Gasteiger partial charge on any atom is -0.274 e. The van der Waals surface area contributed by atoms with Crippen molar-refractivity contribution in [1.29, 1.82) is 0 Å². The number of carbonyl (C=O) groups is 2. The molecule has 0 spiro atoms. The monoisotopic (exact) mass is 351 g/mol. The molecule has 0 saturated heterocycles. The maximum Gasteiger partial charge on any atom is 0.265 e. The molecule has 2 rings (SSSR count). The van der Waals surface area contributed by atoms with E-state index >= 15 is 0 Å². The summed E-state index contributed by atoms with van der Waals surface area (Å²) in [5, 5.41) is 0. The van der Waals surface area contributed by atoms with Crippen LogP contribution in [0.4, 0.5) is 14.5 Å². The van der Waals surface area contributed by atoms with Crippen LogP contribution in [-0.2, 0) is 26.5 Å². The van der Waals surface area contributed by atoms with Gasteiger partial charge in [0.2, 0.25) is 5.91 Å². The number of imide groups is 1. The normalized spacial score (nSPS) is 10.1. The van der Waals surface area contributed by atoms with Crippen molar-refractivity contribution in [3.05, 3.63) is 65.7 Å². The van der Waals surface area contributed by atoms with Crippen LogP contribution in [0.15, 0.2) is 48.5 Å². The number of amides is 2. The molecule has 0 atom stereocenters. The van der Waals surface area contributed by atoms with Crippen molar-refractivity contribution in [3.8, 4) is 0 Å². The first-order valence-corrected chi connectivity index (χ1v) is 6.80. The van der Waals surface area contributed by atoms with Gasteiger partial charge in [0, 0.05) is 39.3 Å². The first-order chi connectivity index (χ1) is 10.4. The molecule has 0 unspecified atom stereocenters. The van der Waals surface area contributed by atoms with Crippen LogP contribution in [-0.4, -0.2) is 11.8 Å². The molecular weight excluding hydrogens is 336 g/mol. The molecule has 2 aromatic rings. The molecule has 6 heteroatoms. The molecule has 0 saturated carbocycles. The van der Waals surface area contributed by atoms with Crippen molar-refractivity contribution in [2.45, 2.75) is 13.8 Å². The van der Waals surface area contributed by atoms with Crippen molar-refractivity contribution in [2.75, 3.05) is 4.90 Å². The third-order valence-electron chi connectivity index (χ3n) is 3.09. The van der Waals surface area contributed by atoms with Crippen LogP contribution in [0.3, 0.4) is 0 Å². The fraction of sp³-hybridized carbons (Fsp3) is 0.176. The van der Waals surface area contributed by atoms with Gasteiger partial charge >= 0.3 is 0 Å². The van der Waals surface area contributed by atoms with Crippen molar-refractivity contribution in [1.82, 2.24) is 0 Å². The summed E-state index contributed by atoms with van der Waals surface area (Å²) in [4.78, 5) is 25.7. The molecule has 2 aromatic carbocycles. The fourth-order valence-corrected chi connectivity index (χ4v) is 1.96. The molecule has 0 aliphatic heterocycles. The van der Waals surface area contributed by atoms with Crippen molar-refractivity contribution in [3.63, 3.8) is 0 Å². The van der Waals surface area contributed by atoms with Crippen molar-refractivity contribution >= 4 is 17.5 Å². The van der Waals surface area contributed by atoms with Gasteiger partial charge in [-0.2, -0.15) is 0 Å². The van der Waals surface area contributed by atoms with Gasteiger partial charge in [0.1, 0.15) is 11.6 Å². The van der Waals surface area contributed by atoms with Crippen molar-refractivity contribution < 1.29 is 40.1 Å². The van der Waals surface area contributed by atoms with Crippen LogP contribution in [0.2, 0.25) is 0 Å². The van der Waals surface area contributed by atoms with E-state index < -0.39 is 29.4 Å². The number of halogens is 2. The molecule has 0 aliphatic carbocycles. The number of rotatable bonds is 3. The zero-order valence-electron chi connectivity index (χ0n) is 12.7. The Morgan fingerprint density at radius 3 is 2.13 bits per heavy atom. The minimum atomic E-state index is -0.960. The molecular formula is C17H15F2NO2Ti. The zero-order valence-corrected chi connectivity index (χ0v) is 14.3. The molecule has 0 fully saturated rings. The summed E-state index contributed by atoms with van der Waals surface area (Å²) >= 11 is 0. The van der Waals surface area contributed by atoms with Crippen LogP contribution in [0.1, 0.15) is 24.2 Å². The molecule has 118 valence electrons. The second kappa shape index (κ2) is 8.13. The standard InChI is InChI=1S/C17H15F2NO2.Ti/c1-11(2)16(21)20(15-9-8-13(18)10-14(15)19)17(22)12-6-4-3-5-7-12;/h3-11H,1-2H3;. The maximum atomic E-state index is 14.0. The minimum absolute atomic E-state index is 0. The van der Waals surface area contributed by atoms with Gasteiger partial charge in [-0.3, -0.25) is 9.59 Å². The Hall–Kier alpha value is -1.85. The summed E-state index contributed by atoms with van der Waals surface area (Å²) < 4.78 is 27.1. The topological polar surface area (TPSA) is 37.4 Å². The largest absolute Gasteiger partial charge is 0.274 e. The van der Waals surface area contributed by atoms with Crippen LogP contribution >= 0.6 is 0 Å². The third kappa shape index (κ3) is 4.33. The zero-order chi connectivity index (χ0) is 16.3. The Kier molecular flexibility index (Phi) is 6.79. The van der Waals surface area contributed by atoms with E-state index in [-0.39, 0.29) is 33.0 Å². The molecule has 0 heterocycles. The van der Waals surface area contributed by atoms with Gasteiger partial charge < -0.3 is 0 Å². The van der Waals surface area contributed by atoms with Crippen LogP contribution in [0.5, 0.6) is 0 Å². The summed E-state index contributed by atoms with van der Waals surface area (Å²) in [7, 11) is 0. The van der Waals surface area contributed by atoms with Crippen LogP contribution in [0.25, 0.3) is 0 Å². The predicted molar refractivity (Wildman–Crippen MR) is 79.5 cm³/mol. The van der Waals surface area contributed by atoms with Crippen molar-refractivity contribution in [2.24, 2.45) is 5.92 Å². The van der Waals surface area contributed by atoms with E-state index in [4.69, 9.17) is 0 Å². The molecule has 3 nitrogen and oxygen atoms in total. The second-order valence-corrected chi connectivity index (χ2v) is 5.10. The van der Waals surface area contributed by atoms with E-state index in [0.717, 1.165) is 17.0 Å². The maximum absolute atomic E-state index is 14.0. The molecule has 0 radical (unpaired) electrons. The summed E-state index contributed by atoms with van der Waals surface area (Å²) in [5.74, 6) is -3.45. The molecule has 2 amide bonds. The van der Waals surface area contributed by atoms with E-state index in [1.807, 2.05) is 0 Å². The molecule has 0 aliphatic rings. The number of hydrogen-bond acceptors (Lipinski definition) is 2. The van der Waals surface area contributed by atoms with E-state index in [9.17, 15) is 18.4 Å². The van der Waals surface area contributed by atoms with Crippen LogP contribution < -0.4 is 4.90 Å². The number of nitrogens with zero attached hydrogens (tertiary/aromatic N) is 1. The SMILES string of the molecule is CC(C)C(=O)N(C(=O)c1ccccc1)c1ccc(F)cc1F.[Ti]. The van der Waals surface area contributed by atoms with Gasteiger partial charge in [-0.25, -0.2) is 13.7 Å². The fourth-order valence-electron chi connectivity index (χ4n) is 1.96. The Bertz CT molecular complexity index is 705. The molecule has 0 N–H and O–H groups in total. The van der Waals surface area contributed by atoms with Gasteiger partial charge in [-0.15, -0.1) is 0 Å². The second-order valence-electron chi connectivity index (χ2n) is 5.10.